The summed E-state index contributed by atoms with van der Waals surface area (Å²) in [5, 5.41) is 7.07. The summed E-state index contributed by atoms with van der Waals surface area (Å²) in [4.78, 5) is 12.1. The molecular weight excluding hydrogens is 264 g/mol. The highest BCUT2D eigenvalue weighted by Gasteiger charge is 2.10. The summed E-state index contributed by atoms with van der Waals surface area (Å²) in [6.45, 7) is 0. The van der Waals surface area contributed by atoms with E-state index in [9.17, 15) is 4.79 Å². The Morgan fingerprint density at radius 1 is 1.00 bits per heavy atom. The standard InChI is InChI=1S/C16H14N4O/c17-12-6-8-14(9-7-12)20-11-10-15(19-20)16(21)18-13-4-2-1-3-5-13/h1-11H,17H2,(H,18,21). The van der Waals surface area contributed by atoms with Gasteiger partial charge in [-0.1, -0.05) is 18.2 Å². The van der Waals surface area contributed by atoms with E-state index in [0.717, 1.165) is 11.4 Å². The van der Waals surface area contributed by atoms with Crippen LogP contribution in [0.4, 0.5) is 11.4 Å². The van der Waals surface area contributed by atoms with Crippen LogP contribution >= 0.6 is 0 Å². The Labute approximate surface area is 122 Å². The molecule has 2 aromatic carbocycles. The molecule has 0 aliphatic carbocycles. The van der Waals surface area contributed by atoms with Crippen molar-refractivity contribution in [2.45, 2.75) is 0 Å². The molecule has 0 spiro atoms. The fraction of sp³-hybridized carbons (Fsp3) is 0. The average Bonchev–Trinajstić information content (AvgIpc) is 2.99. The Morgan fingerprint density at radius 2 is 1.71 bits per heavy atom. The van der Waals surface area contributed by atoms with Crippen LogP contribution in [0.3, 0.4) is 0 Å². The highest BCUT2D eigenvalue weighted by Crippen LogP contribution is 2.12. The van der Waals surface area contributed by atoms with Gasteiger partial charge in [0, 0.05) is 17.6 Å². The topological polar surface area (TPSA) is 72.9 Å². The van der Waals surface area contributed by atoms with Crippen molar-refractivity contribution in [3.05, 3.63) is 72.6 Å². The number of aromatic nitrogens is 2. The van der Waals surface area contributed by atoms with E-state index in [1.807, 2.05) is 42.5 Å². The average molecular weight is 278 g/mol. The van der Waals surface area contributed by atoms with E-state index in [1.165, 1.54) is 0 Å². The number of anilines is 2. The van der Waals surface area contributed by atoms with Crippen molar-refractivity contribution in [3.63, 3.8) is 0 Å². The van der Waals surface area contributed by atoms with Crippen LogP contribution in [-0.4, -0.2) is 15.7 Å². The predicted octanol–water partition coefficient (Wildman–Crippen LogP) is 2.71. The van der Waals surface area contributed by atoms with E-state index < -0.39 is 0 Å². The van der Waals surface area contributed by atoms with Gasteiger partial charge in [0.15, 0.2) is 5.69 Å². The molecule has 0 atom stereocenters. The lowest BCUT2D eigenvalue weighted by Crippen LogP contribution is -2.13. The number of para-hydroxylation sites is 1. The molecule has 21 heavy (non-hydrogen) atoms. The Hall–Kier alpha value is -3.08. The van der Waals surface area contributed by atoms with Gasteiger partial charge >= 0.3 is 0 Å². The molecule has 0 aliphatic rings. The van der Waals surface area contributed by atoms with Crippen LogP contribution in [0.5, 0.6) is 0 Å². The van der Waals surface area contributed by atoms with Crippen LogP contribution in [0.2, 0.25) is 0 Å². The molecule has 0 unspecified atom stereocenters. The molecule has 1 heterocycles. The number of hydrogen-bond donors (Lipinski definition) is 2. The maximum absolute atomic E-state index is 12.1. The van der Waals surface area contributed by atoms with Crippen molar-refractivity contribution in [1.82, 2.24) is 9.78 Å². The Bertz CT molecular complexity index is 747. The summed E-state index contributed by atoms with van der Waals surface area (Å²) < 4.78 is 1.64. The van der Waals surface area contributed by atoms with Crippen LogP contribution in [0.15, 0.2) is 66.9 Å². The van der Waals surface area contributed by atoms with Crippen LogP contribution in [0.25, 0.3) is 5.69 Å². The van der Waals surface area contributed by atoms with Crippen molar-refractivity contribution >= 4 is 17.3 Å². The first-order valence-electron chi connectivity index (χ1n) is 6.50. The molecule has 1 amide bonds. The fourth-order valence-electron chi connectivity index (χ4n) is 1.93. The molecule has 5 heteroatoms. The number of rotatable bonds is 3. The minimum Gasteiger partial charge on any atom is -0.399 e. The maximum atomic E-state index is 12.1. The first-order valence-corrected chi connectivity index (χ1v) is 6.50. The molecule has 5 nitrogen and oxygen atoms in total. The van der Waals surface area contributed by atoms with Gasteiger partial charge in [0.05, 0.1) is 5.69 Å². The summed E-state index contributed by atoms with van der Waals surface area (Å²) in [7, 11) is 0. The molecule has 104 valence electrons. The number of hydrogen-bond acceptors (Lipinski definition) is 3. The van der Waals surface area contributed by atoms with Gasteiger partial charge in [-0.15, -0.1) is 0 Å². The predicted molar refractivity (Wildman–Crippen MR) is 82.4 cm³/mol. The Balaban J connectivity index is 1.78. The number of carbonyl (C=O) groups is 1. The van der Waals surface area contributed by atoms with Crippen LogP contribution in [0, 0.1) is 0 Å². The molecule has 0 saturated heterocycles. The normalized spacial score (nSPS) is 10.3. The van der Waals surface area contributed by atoms with Gasteiger partial charge < -0.3 is 11.1 Å². The van der Waals surface area contributed by atoms with Gasteiger partial charge in [-0.2, -0.15) is 5.10 Å². The second-order valence-corrected chi connectivity index (χ2v) is 4.56. The van der Waals surface area contributed by atoms with E-state index in [4.69, 9.17) is 5.73 Å². The summed E-state index contributed by atoms with van der Waals surface area (Å²) in [6.07, 6.45) is 1.74. The first-order chi connectivity index (χ1) is 10.2. The number of nitrogens with zero attached hydrogens (tertiary/aromatic N) is 2. The van der Waals surface area contributed by atoms with Crippen molar-refractivity contribution in [2.24, 2.45) is 0 Å². The molecule has 0 aliphatic heterocycles. The third kappa shape index (κ3) is 2.92. The summed E-state index contributed by atoms with van der Waals surface area (Å²) in [6, 6.07) is 18.2. The number of nitrogens with one attached hydrogen (secondary N) is 1. The number of benzene rings is 2. The van der Waals surface area contributed by atoms with E-state index in [1.54, 1.807) is 29.1 Å². The van der Waals surface area contributed by atoms with Crippen LogP contribution in [0.1, 0.15) is 10.5 Å². The zero-order valence-corrected chi connectivity index (χ0v) is 11.2. The third-order valence-electron chi connectivity index (χ3n) is 3.01. The van der Waals surface area contributed by atoms with E-state index >= 15 is 0 Å². The zero-order valence-electron chi connectivity index (χ0n) is 11.2. The zero-order chi connectivity index (χ0) is 14.7. The van der Waals surface area contributed by atoms with E-state index in [-0.39, 0.29) is 5.91 Å². The number of nitrogen functional groups attached to an aromatic ring is 1. The molecule has 0 bridgehead atoms. The molecule has 1 aromatic heterocycles. The highest BCUT2D eigenvalue weighted by molar-refractivity contribution is 6.02. The highest BCUT2D eigenvalue weighted by atomic mass is 16.1. The second-order valence-electron chi connectivity index (χ2n) is 4.56. The van der Waals surface area contributed by atoms with E-state index in [2.05, 4.69) is 10.4 Å². The largest absolute Gasteiger partial charge is 0.399 e. The molecule has 3 N–H and O–H groups in total. The SMILES string of the molecule is Nc1ccc(-n2ccc(C(=O)Nc3ccccc3)n2)cc1. The van der Waals surface area contributed by atoms with Crippen molar-refractivity contribution in [1.29, 1.82) is 0 Å². The Kier molecular flexibility index (Phi) is 3.39. The number of nitrogens with two attached hydrogens (primary N) is 1. The Morgan fingerprint density at radius 3 is 2.43 bits per heavy atom. The molecule has 0 saturated carbocycles. The lowest BCUT2D eigenvalue weighted by atomic mass is 10.3. The lowest BCUT2D eigenvalue weighted by molar-refractivity contribution is 0.102. The van der Waals surface area contributed by atoms with Gasteiger partial charge in [0.2, 0.25) is 0 Å². The molecular formula is C16H14N4O. The summed E-state index contributed by atoms with van der Waals surface area (Å²) >= 11 is 0. The van der Waals surface area contributed by atoms with Crippen LogP contribution < -0.4 is 11.1 Å². The minimum atomic E-state index is -0.240. The third-order valence-corrected chi connectivity index (χ3v) is 3.01. The first kappa shape index (κ1) is 12.9. The molecule has 3 aromatic rings. The molecule has 0 fully saturated rings. The van der Waals surface area contributed by atoms with E-state index in [0.29, 0.717) is 11.4 Å². The fourth-order valence-corrected chi connectivity index (χ4v) is 1.93. The lowest BCUT2D eigenvalue weighted by Gasteiger charge is -2.03. The maximum Gasteiger partial charge on any atom is 0.276 e. The summed E-state index contributed by atoms with van der Waals surface area (Å²) in [5.74, 6) is -0.240. The monoisotopic (exact) mass is 278 g/mol. The second kappa shape index (κ2) is 5.50. The molecule has 3 rings (SSSR count). The minimum absolute atomic E-state index is 0.240. The smallest absolute Gasteiger partial charge is 0.276 e. The van der Waals surface area contributed by atoms with Gasteiger partial charge in [-0.3, -0.25) is 4.79 Å². The van der Waals surface area contributed by atoms with Gasteiger partial charge in [0.1, 0.15) is 0 Å². The van der Waals surface area contributed by atoms with Gasteiger partial charge in [-0.25, -0.2) is 4.68 Å². The number of amides is 1. The number of carbonyl (C=O) groups excluding carboxylic acids is 1. The van der Waals surface area contributed by atoms with Crippen LogP contribution in [-0.2, 0) is 0 Å². The van der Waals surface area contributed by atoms with Gasteiger partial charge in [-0.05, 0) is 42.5 Å². The van der Waals surface area contributed by atoms with Gasteiger partial charge in [0.25, 0.3) is 5.91 Å². The van der Waals surface area contributed by atoms with Crippen molar-refractivity contribution < 1.29 is 4.79 Å². The van der Waals surface area contributed by atoms with Crippen molar-refractivity contribution in [3.8, 4) is 5.69 Å². The molecule has 0 radical (unpaired) electrons. The quantitative estimate of drug-likeness (QED) is 0.723. The van der Waals surface area contributed by atoms with Crippen molar-refractivity contribution in [2.75, 3.05) is 11.1 Å². The summed E-state index contributed by atoms with van der Waals surface area (Å²) in [5.41, 5.74) is 8.29.